The summed E-state index contributed by atoms with van der Waals surface area (Å²) in [5, 5.41) is 19.3. The fourth-order valence-corrected chi connectivity index (χ4v) is 2.01. The van der Waals surface area contributed by atoms with Crippen LogP contribution in [0.3, 0.4) is 0 Å². The molecule has 0 amide bonds. The van der Waals surface area contributed by atoms with Gasteiger partial charge in [-0.05, 0) is 30.0 Å². The SMILES string of the molecule is CC(C)C(CO)(CO)Cc1ccc(F)cc1Cl. The van der Waals surface area contributed by atoms with E-state index in [-0.39, 0.29) is 24.9 Å². The fraction of sp³-hybridized carbons (Fsp3) is 0.538. The summed E-state index contributed by atoms with van der Waals surface area (Å²) in [5.74, 6) is -0.291. The van der Waals surface area contributed by atoms with E-state index in [1.165, 1.54) is 12.1 Å². The maximum Gasteiger partial charge on any atom is 0.124 e. The van der Waals surface area contributed by atoms with Crippen molar-refractivity contribution in [2.24, 2.45) is 11.3 Å². The lowest BCUT2D eigenvalue weighted by molar-refractivity contribution is 0.0163. The van der Waals surface area contributed by atoms with Gasteiger partial charge in [0.05, 0.1) is 13.2 Å². The lowest BCUT2D eigenvalue weighted by Gasteiger charge is -2.34. The molecule has 0 radical (unpaired) electrons. The van der Waals surface area contributed by atoms with Crippen molar-refractivity contribution in [1.29, 1.82) is 0 Å². The summed E-state index contributed by atoms with van der Waals surface area (Å²) in [6, 6.07) is 4.18. The standard InChI is InChI=1S/C13H18ClFO2/c1-9(2)13(7-16,8-17)6-10-3-4-11(15)5-12(10)14/h3-5,9,16-17H,6-8H2,1-2H3. The summed E-state index contributed by atoms with van der Waals surface area (Å²) in [4.78, 5) is 0. The highest BCUT2D eigenvalue weighted by atomic mass is 35.5. The molecule has 0 atom stereocenters. The maximum absolute atomic E-state index is 12.9. The summed E-state index contributed by atoms with van der Waals surface area (Å²) in [6.07, 6.45) is 0.427. The van der Waals surface area contributed by atoms with Crippen molar-refractivity contribution in [3.63, 3.8) is 0 Å². The smallest absolute Gasteiger partial charge is 0.124 e. The molecule has 0 unspecified atom stereocenters. The number of halogens is 2. The molecule has 2 N–H and O–H groups in total. The van der Waals surface area contributed by atoms with Gasteiger partial charge in [0, 0.05) is 10.4 Å². The van der Waals surface area contributed by atoms with Crippen LogP contribution in [0.2, 0.25) is 5.02 Å². The Labute approximate surface area is 106 Å². The number of hydrogen-bond donors (Lipinski definition) is 2. The number of aliphatic hydroxyl groups excluding tert-OH is 2. The predicted octanol–water partition coefficient (Wildman–Crippen LogP) is 2.65. The molecule has 17 heavy (non-hydrogen) atoms. The van der Waals surface area contributed by atoms with Crippen LogP contribution in [0.5, 0.6) is 0 Å². The highest BCUT2D eigenvalue weighted by Gasteiger charge is 2.33. The van der Waals surface area contributed by atoms with E-state index in [4.69, 9.17) is 11.6 Å². The van der Waals surface area contributed by atoms with Gasteiger partial charge in [-0.2, -0.15) is 0 Å². The Bertz CT molecular complexity index is 376. The van der Waals surface area contributed by atoms with Crippen LogP contribution in [-0.2, 0) is 6.42 Å². The topological polar surface area (TPSA) is 40.5 Å². The van der Waals surface area contributed by atoms with Gasteiger partial charge in [0.15, 0.2) is 0 Å². The molecule has 0 heterocycles. The number of hydrogen-bond acceptors (Lipinski definition) is 2. The second kappa shape index (κ2) is 5.80. The van der Waals surface area contributed by atoms with E-state index in [1.54, 1.807) is 6.07 Å². The van der Waals surface area contributed by atoms with Gasteiger partial charge < -0.3 is 10.2 Å². The summed E-state index contributed by atoms with van der Waals surface area (Å²) >= 11 is 5.95. The first-order chi connectivity index (χ1) is 7.95. The Balaban J connectivity index is 3.01. The van der Waals surface area contributed by atoms with Crippen LogP contribution in [0.1, 0.15) is 19.4 Å². The fourth-order valence-electron chi connectivity index (χ4n) is 1.78. The highest BCUT2D eigenvalue weighted by Crippen LogP contribution is 2.33. The normalized spacial score (nSPS) is 12.2. The zero-order chi connectivity index (χ0) is 13.1. The minimum atomic E-state index is -0.624. The first-order valence-electron chi connectivity index (χ1n) is 5.61. The molecule has 1 aromatic carbocycles. The Morgan fingerprint density at radius 2 is 1.88 bits per heavy atom. The lowest BCUT2D eigenvalue weighted by Crippen LogP contribution is -2.37. The molecule has 1 aromatic rings. The van der Waals surface area contributed by atoms with Crippen molar-refractivity contribution >= 4 is 11.6 Å². The van der Waals surface area contributed by atoms with Crippen LogP contribution >= 0.6 is 11.6 Å². The summed E-state index contributed by atoms with van der Waals surface area (Å²) in [6.45, 7) is 3.61. The van der Waals surface area contributed by atoms with E-state index in [9.17, 15) is 14.6 Å². The number of benzene rings is 1. The van der Waals surface area contributed by atoms with Gasteiger partial charge in [-0.15, -0.1) is 0 Å². The third kappa shape index (κ3) is 3.18. The minimum absolute atomic E-state index is 0.0959. The molecule has 0 bridgehead atoms. The third-order valence-corrected chi connectivity index (χ3v) is 3.76. The van der Waals surface area contributed by atoms with E-state index in [1.807, 2.05) is 13.8 Å². The molecular formula is C13H18ClFO2. The Kier molecular flexibility index (Phi) is 4.92. The third-order valence-electron chi connectivity index (χ3n) is 3.41. The molecule has 0 fully saturated rings. The molecule has 96 valence electrons. The van der Waals surface area contributed by atoms with Crippen molar-refractivity contribution in [3.8, 4) is 0 Å². The van der Waals surface area contributed by atoms with Gasteiger partial charge in [-0.25, -0.2) is 4.39 Å². The second-order valence-corrected chi connectivity index (χ2v) is 5.15. The van der Waals surface area contributed by atoms with Crippen LogP contribution in [0.25, 0.3) is 0 Å². The average Bonchev–Trinajstić information content (AvgIpc) is 2.28. The molecule has 0 spiro atoms. The molecule has 0 saturated carbocycles. The first kappa shape index (κ1) is 14.4. The van der Waals surface area contributed by atoms with E-state index in [2.05, 4.69) is 0 Å². The molecule has 2 nitrogen and oxygen atoms in total. The van der Waals surface area contributed by atoms with Gasteiger partial charge >= 0.3 is 0 Å². The Hall–Kier alpha value is -0.640. The molecule has 0 aliphatic carbocycles. The summed E-state index contributed by atoms with van der Waals surface area (Å²) in [5.41, 5.74) is 0.117. The monoisotopic (exact) mass is 260 g/mol. The van der Waals surface area contributed by atoms with Crippen molar-refractivity contribution in [2.75, 3.05) is 13.2 Å². The molecule has 0 aliphatic heterocycles. The van der Waals surface area contributed by atoms with E-state index >= 15 is 0 Å². The summed E-state index contributed by atoms with van der Waals surface area (Å²) < 4.78 is 12.9. The molecule has 0 aliphatic rings. The minimum Gasteiger partial charge on any atom is -0.396 e. The Morgan fingerprint density at radius 1 is 1.29 bits per heavy atom. The van der Waals surface area contributed by atoms with Gasteiger partial charge in [-0.3, -0.25) is 0 Å². The van der Waals surface area contributed by atoms with Gasteiger partial charge in [-0.1, -0.05) is 31.5 Å². The molecule has 1 rings (SSSR count). The van der Waals surface area contributed by atoms with Crippen molar-refractivity contribution in [2.45, 2.75) is 20.3 Å². The summed E-state index contributed by atoms with van der Waals surface area (Å²) in [7, 11) is 0. The van der Waals surface area contributed by atoms with Crippen LogP contribution < -0.4 is 0 Å². The van der Waals surface area contributed by atoms with E-state index < -0.39 is 5.41 Å². The average molecular weight is 261 g/mol. The van der Waals surface area contributed by atoms with Crippen molar-refractivity contribution in [1.82, 2.24) is 0 Å². The van der Waals surface area contributed by atoms with Gasteiger partial charge in [0.2, 0.25) is 0 Å². The second-order valence-electron chi connectivity index (χ2n) is 4.75. The maximum atomic E-state index is 12.9. The van der Waals surface area contributed by atoms with Crippen LogP contribution in [-0.4, -0.2) is 23.4 Å². The number of rotatable bonds is 5. The van der Waals surface area contributed by atoms with E-state index in [0.717, 1.165) is 5.56 Å². The van der Waals surface area contributed by atoms with Crippen LogP contribution in [0, 0.1) is 17.2 Å². The van der Waals surface area contributed by atoms with E-state index in [0.29, 0.717) is 11.4 Å². The van der Waals surface area contributed by atoms with Gasteiger partial charge in [0.25, 0.3) is 0 Å². The predicted molar refractivity (Wildman–Crippen MR) is 66.6 cm³/mol. The van der Waals surface area contributed by atoms with Crippen LogP contribution in [0.4, 0.5) is 4.39 Å². The zero-order valence-electron chi connectivity index (χ0n) is 10.1. The molecule has 0 aromatic heterocycles. The molecular weight excluding hydrogens is 243 g/mol. The Morgan fingerprint density at radius 3 is 2.29 bits per heavy atom. The largest absolute Gasteiger partial charge is 0.396 e. The molecule has 0 saturated heterocycles. The van der Waals surface area contributed by atoms with Crippen molar-refractivity contribution in [3.05, 3.63) is 34.6 Å². The first-order valence-corrected chi connectivity index (χ1v) is 5.98. The van der Waals surface area contributed by atoms with Gasteiger partial charge in [0.1, 0.15) is 5.82 Å². The quantitative estimate of drug-likeness (QED) is 0.855. The number of aliphatic hydroxyl groups is 2. The van der Waals surface area contributed by atoms with Crippen molar-refractivity contribution < 1.29 is 14.6 Å². The van der Waals surface area contributed by atoms with Crippen LogP contribution in [0.15, 0.2) is 18.2 Å². The lowest BCUT2D eigenvalue weighted by atomic mass is 9.74. The zero-order valence-corrected chi connectivity index (χ0v) is 10.8. The molecule has 4 heteroatoms. The highest BCUT2D eigenvalue weighted by molar-refractivity contribution is 6.31.